The molecule has 4 aliphatic rings. The van der Waals surface area contributed by atoms with Crippen molar-refractivity contribution in [1.29, 1.82) is 0 Å². The lowest BCUT2D eigenvalue weighted by Crippen LogP contribution is -2.57. The quantitative estimate of drug-likeness (QED) is 0.923. The lowest BCUT2D eigenvalue weighted by molar-refractivity contribution is 0.0618. The molecule has 4 nitrogen and oxygen atoms in total. The van der Waals surface area contributed by atoms with Crippen LogP contribution in [0.25, 0.3) is 0 Å². The van der Waals surface area contributed by atoms with Crippen LogP contribution in [-0.2, 0) is 0 Å². The van der Waals surface area contributed by atoms with Crippen molar-refractivity contribution in [3.63, 3.8) is 0 Å². The van der Waals surface area contributed by atoms with Crippen LogP contribution in [-0.4, -0.2) is 43.1 Å². The highest BCUT2D eigenvalue weighted by Crippen LogP contribution is 2.39. The molecule has 24 heavy (non-hydrogen) atoms. The molecule has 130 valence electrons. The van der Waals surface area contributed by atoms with Gasteiger partial charge in [0, 0.05) is 12.6 Å². The van der Waals surface area contributed by atoms with Crippen molar-refractivity contribution >= 4 is 5.91 Å². The molecule has 4 heteroatoms. The van der Waals surface area contributed by atoms with Crippen molar-refractivity contribution in [3.05, 3.63) is 29.3 Å². The van der Waals surface area contributed by atoms with Crippen molar-refractivity contribution in [2.45, 2.75) is 51.0 Å². The number of amides is 1. The van der Waals surface area contributed by atoms with E-state index < -0.39 is 0 Å². The van der Waals surface area contributed by atoms with Gasteiger partial charge in [-0.05, 0) is 62.2 Å². The third kappa shape index (κ3) is 2.92. The van der Waals surface area contributed by atoms with Crippen LogP contribution < -0.4 is 10.1 Å². The van der Waals surface area contributed by atoms with Gasteiger partial charge in [-0.3, -0.25) is 4.79 Å². The first-order valence-electron chi connectivity index (χ1n) is 9.55. The van der Waals surface area contributed by atoms with Crippen molar-refractivity contribution in [2.75, 3.05) is 26.2 Å². The van der Waals surface area contributed by atoms with Gasteiger partial charge in [0.05, 0.1) is 12.2 Å². The number of carbonyl (C=O) groups is 1. The van der Waals surface area contributed by atoms with Crippen molar-refractivity contribution in [1.82, 2.24) is 10.2 Å². The molecular weight excluding hydrogens is 300 g/mol. The maximum atomic E-state index is 12.9. The average Bonchev–Trinajstić information content (AvgIpc) is 2.63. The third-order valence-electron chi connectivity index (χ3n) is 6.05. The van der Waals surface area contributed by atoms with Crippen LogP contribution in [0.4, 0.5) is 0 Å². The van der Waals surface area contributed by atoms with Gasteiger partial charge < -0.3 is 15.0 Å². The van der Waals surface area contributed by atoms with Crippen molar-refractivity contribution in [2.24, 2.45) is 5.92 Å². The fourth-order valence-electron chi connectivity index (χ4n) is 4.70. The van der Waals surface area contributed by atoms with Gasteiger partial charge in [-0.1, -0.05) is 25.5 Å². The number of hydrogen-bond donors (Lipinski definition) is 1. The second kappa shape index (κ2) is 6.75. The Balaban J connectivity index is 1.53. The molecule has 3 fully saturated rings. The van der Waals surface area contributed by atoms with Gasteiger partial charge in [-0.15, -0.1) is 0 Å². The van der Waals surface area contributed by atoms with Gasteiger partial charge in [0.1, 0.15) is 5.75 Å². The average molecular weight is 328 g/mol. The first-order chi connectivity index (χ1) is 11.8. The summed E-state index contributed by atoms with van der Waals surface area (Å²) in [5, 5.41) is 3.30. The Morgan fingerprint density at radius 2 is 2.12 bits per heavy atom. The molecule has 3 saturated heterocycles. The highest BCUT2D eigenvalue weighted by Gasteiger charge is 2.35. The van der Waals surface area contributed by atoms with Gasteiger partial charge in [-0.25, -0.2) is 0 Å². The Bertz CT molecular complexity index is 608. The fraction of sp³-hybridized carbons (Fsp3) is 0.650. The fourth-order valence-corrected chi connectivity index (χ4v) is 4.70. The number of nitrogens with zero attached hydrogens (tertiary/aromatic N) is 1. The number of piperidine rings is 3. The number of nitrogens with one attached hydrogen (secondary N) is 1. The second-order valence-corrected chi connectivity index (χ2v) is 7.56. The Kier molecular flexibility index (Phi) is 4.49. The van der Waals surface area contributed by atoms with E-state index in [0.717, 1.165) is 30.9 Å². The SMILES string of the molecule is CCCC1CCOc2c(C(=O)NC3CN4CCC3CC4)cccc21. The maximum absolute atomic E-state index is 12.9. The Morgan fingerprint density at radius 3 is 2.83 bits per heavy atom. The number of para-hydroxylation sites is 1. The highest BCUT2D eigenvalue weighted by molar-refractivity contribution is 5.97. The van der Waals surface area contributed by atoms with Gasteiger partial charge in [-0.2, -0.15) is 0 Å². The monoisotopic (exact) mass is 328 g/mol. The lowest BCUT2D eigenvalue weighted by Gasteiger charge is -2.45. The maximum Gasteiger partial charge on any atom is 0.255 e. The molecule has 1 N–H and O–H groups in total. The van der Waals surface area contributed by atoms with E-state index in [9.17, 15) is 4.79 Å². The van der Waals surface area contributed by atoms with Crippen LogP contribution in [0.15, 0.2) is 18.2 Å². The molecule has 0 saturated carbocycles. The zero-order valence-corrected chi connectivity index (χ0v) is 14.6. The zero-order chi connectivity index (χ0) is 16.5. The van der Waals surface area contributed by atoms with E-state index in [1.807, 2.05) is 12.1 Å². The number of fused-ring (bicyclic) bond motifs is 4. The minimum Gasteiger partial charge on any atom is -0.492 e. The Morgan fingerprint density at radius 1 is 1.29 bits per heavy atom. The zero-order valence-electron chi connectivity index (χ0n) is 14.6. The first kappa shape index (κ1) is 15.9. The molecular formula is C20H28N2O2. The minimum absolute atomic E-state index is 0.0442. The van der Waals surface area contributed by atoms with Crippen molar-refractivity contribution in [3.8, 4) is 5.75 Å². The molecule has 4 heterocycles. The summed E-state index contributed by atoms with van der Waals surface area (Å²) >= 11 is 0. The topological polar surface area (TPSA) is 41.6 Å². The molecule has 0 aromatic heterocycles. The summed E-state index contributed by atoms with van der Waals surface area (Å²) in [6.45, 7) is 6.34. The summed E-state index contributed by atoms with van der Waals surface area (Å²) in [7, 11) is 0. The molecule has 2 bridgehead atoms. The normalized spacial score (nSPS) is 31.2. The molecule has 0 spiro atoms. The summed E-state index contributed by atoms with van der Waals surface area (Å²) in [6, 6.07) is 6.37. The van der Waals surface area contributed by atoms with E-state index in [2.05, 4.69) is 23.2 Å². The summed E-state index contributed by atoms with van der Waals surface area (Å²) in [4.78, 5) is 15.4. The minimum atomic E-state index is 0.0442. The number of hydrogen-bond acceptors (Lipinski definition) is 3. The van der Waals surface area contributed by atoms with Gasteiger partial charge in [0.15, 0.2) is 0 Å². The lowest BCUT2D eigenvalue weighted by atomic mass is 9.83. The third-order valence-corrected chi connectivity index (χ3v) is 6.05. The Labute approximate surface area is 144 Å². The number of ether oxygens (including phenoxy) is 1. The standard InChI is InChI=1S/C20H28N2O2/c1-2-4-14-9-12-24-19-16(14)5-3-6-17(19)20(23)21-18-13-22-10-7-15(18)8-11-22/h3,5-6,14-15,18H,2,4,7-13H2,1H3,(H,21,23). The first-order valence-corrected chi connectivity index (χ1v) is 9.55. The summed E-state index contributed by atoms with van der Waals surface area (Å²) in [5.41, 5.74) is 1.95. The molecule has 2 unspecified atom stereocenters. The van der Waals surface area contributed by atoms with E-state index in [1.54, 1.807) is 0 Å². The van der Waals surface area contributed by atoms with Gasteiger partial charge in [0.2, 0.25) is 0 Å². The molecule has 1 aromatic carbocycles. The van der Waals surface area contributed by atoms with Gasteiger partial charge in [0.25, 0.3) is 5.91 Å². The molecule has 1 amide bonds. The summed E-state index contributed by atoms with van der Waals surface area (Å²) in [6.07, 6.45) is 5.83. The number of carbonyl (C=O) groups excluding carboxylic acids is 1. The largest absolute Gasteiger partial charge is 0.492 e. The second-order valence-electron chi connectivity index (χ2n) is 7.56. The molecule has 4 aliphatic heterocycles. The molecule has 2 atom stereocenters. The van der Waals surface area contributed by atoms with Gasteiger partial charge >= 0.3 is 0 Å². The summed E-state index contributed by atoms with van der Waals surface area (Å²) in [5.74, 6) is 2.05. The predicted octanol–water partition coefficient (Wildman–Crippen LogP) is 3.18. The van der Waals surface area contributed by atoms with E-state index in [4.69, 9.17) is 4.74 Å². The van der Waals surface area contributed by atoms with Crippen LogP contribution in [0.5, 0.6) is 5.75 Å². The van der Waals surface area contributed by atoms with E-state index in [1.165, 1.54) is 44.3 Å². The van der Waals surface area contributed by atoms with E-state index in [-0.39, 0.29) is 5.91 Å². The van der Waals surface area contributed by atoms with Crippen LogP contribution >= 0.6 is 0 Å². The molecule has 0 aliphatic carbocycles. The molecule has 1 aromatic rings. The molecule has 0 radical (unpaired) electrons. The summed E-state index contributed by atoms with van der Waals surface area (Å²) < 4.78 is 5.93. The number of rotatable bonds is 4. The van der Waals surface area contributed by atoms with Crippen LogP contribution in [0.1, 0.15) is 60.9 Å². The van der Waals surface area contributed by atoms with Crippen molar-refractivity contribution < 1.29 is 9.53 Å². The van der Waals surface area contributed by atoms with Crippen LogP contribution in [0.3, 0.4) is 0 Å². The van der Waals surface area contributed by atoms with E-state index in [0.29, 0.717) is 17.9 Å². The van der Waals surface area contributed by atoms with Crippen LogP contribution in [0.2, 0.25) is 0 Å². The Hall–Kier alpha value is -1.55. The smallest absolute Gasteiger partial charge is 0.255 e. The van der Waals surface area contributed by atoms with E-state index >= 15 is 0 Å². The highest BCUT2D eigenvalue weighted by atomic mass is 16.5. The predicted molar refractivity (Wildman–Crippen MR) is 94.6 cm³/mol. The van der Waals surface area contributed by atoms with Crippen LogP contribution in [0, 0.1) is 5.92 Å². The number of benzene rings is 1. The molecule has 5 rings (SSSR count).